The first-order chi connectivity index (χ1) is 9.53. The van der Waals surface area contributed by atoms with Crippen molar-refractivity contribution in [1.29, 1.82) is 0 Å². The van der Waals surface area contributed by atoms with Gasteiger partial charge in [-0.3, -0.25) is 5.10 Å². The number of nitrogens with zero attached hydrogens (tertiary/aromatic N) is 2. The van der Waals surface area contributed by atoms with E-state index in [-0.39, 0.29) is 17.6 Å². The number of hydrogen-bond donors (Lipinski definition) is 3. The van der Waals surface area contributed by atoms with Crippen molar-refractivity contribution < 1.29 is 8.42 Å². The summed E-state index contributed by atoms with van der Waals surface area (Å²) < 4.78 is 27.2. The van der Waals surface area contributed by atoms with E-state index in [1.54, 1.807) is 0 Å². The molecule has 1 aliphatic rings. The summed E-state index contributed by atoms with van der Waals surface area (Å²) in [5, 5.41) is 6.33. The fourth-order valence-electron chi connectivity index (χ4n) is 2.57. The highest BCUT2D eigenvalue weighted by Gasteiger charge is 2.23. The molecule has 0 aromatic carbocycles. The highest BCUT2D eigenvalue weighted by atomic mass is 32.2. The third kappa shape index (κ3) is 3.78. The zero-order valence-corrected chi connectivity index (χ0v) is 12.6. The van der Waals surface area contributed by atoms with E-state index >= 15 is 0 Å². The number of piperidine rings is 1. The van der Waals surface area contributed by atoms with Crippen molar-refractivity contribution in [2.24, 2.45) is 5.73 Å². The first-order valence-corrected chi connectivity index (χ1v) is 8.48. The fourth-order valence-corrected chi connectivity index (χ4v) is 3.94. The maximum atomic E-state index is 12.3. The van der Waals surface area contributed by atoms with Crippen LogP contribution in [0.4, 0.5) is 0 Å². The van der Waals surface area contributed by atoms with Gasteiger partial charge in [-0.25, -0.2) is 13.1 Å². The molecule has 0 radical (unpaired) electrons. The second kappa shape index (κ2) is 6.66. The minimum Gasteiger partial charge on any atom is -0.326 e. The van der Waals surface area contributed by atoms with E-state index in [1.807, 2.05) is 6.92 Å². The summed E-state index contributed by atoms with van der Waals surface area (Å²) in [6, 6.07) is -0.146. The molecule has 0 spiro atoms. The smallest absolute Gasteiger partial charge is 0.258 e. The van der Waals surface area contributed by atoms with Crippen LogP contribution in [0.1, 0.15) is 31.7 Å². The normalized spacial score (nSPS) is 19.1. The number of aromatic nitrogens is 2. The molecule has 114 valence electrons. The summed E-state index contributed by atoms with van der Waals surface area (Å²) in [7, 11) is -3.58. The molecule has 1 saturated heterocycles. The van der Waals surface area contributed by atoms with Gasteiger partial charge in [0.15, 0.2) is 5.03 Å². The monoisotopic (exact) mass is 301 g/mol. The molecule has 0 saturated carbocycles. The molecular formula is C12H23N5O2S. The number of H-pyrrole nitrogens is 1. The van der Waals surface area contributed by atoms with Crippen LogP contribution in [0.5, 0.6) is 0 Å². The predicted octanol–water partition coefficient (Wildman–Crippen LogP) is 0.0211. The van der Waals surface area contributed by atoms with Gasteiger partial charge in [0.05, 0.1) is 6.20 Å². The number of nitrogens with two attached hydrogens (primary N) is 1. The van der Waals surface area contributed by atoms with Crippen LogP contribution >= 0.6 is 0 Å². The number of rotatable bonds is 6. The number of hydrogen-bond acceptors (Lipinski definition) is 5. The summed E-state index contributed by atoms with van der Waals surface area (Å²) in [6.45, 7) is 4.84. The van der Waals surface area contributed by atoms with Gasteiger partial charge in [-0.1, -0.05) is 6.42 Å². The lowest BCUT2D eigenvalue weighted by atomic mass is 10.1. The van der Waals surface area contributed by atoms with Crippen LogP contribution < -0.4 is 10.5 Å². The maximum absolute atomic E-state index is 12.3. The Balaban J connectivity index is 1.97. The molecule has 7 nitrogen and oxygen atoms in total. The average Bonchev–Trinajstić information content (AvgIpc) is 2.88. The number of likely N-dealkylation sites (tertiary alicyclic amines) is 1. The molecule has 8 heteroatoms. The zero-order valence-electron chi connectivity index (χ0n) is 11.8. The van der Waals surface area contributed by atoms with E-state index in [1.165, 1.54) is 25.5 Å². The van der Waals surface area contributed by atoms with Gasteiger partial charge in [-0.15, -0.1) is 0 Å². The average molecular weight is 301 g/mol. The van der Waals surface area contributed by atoms with Crippen LogP contribution in [0, 0.1) is 0 Å². The lowest BCUT2D eigenvalue weighted by Gasteiger charge is -2.29. The lowest BCUT2D eigenvalue weighted by Crippen LogP contribution is -2.43. The minimum atomic E-state index is -3.58. The van der Waals surface area contributed by atoms with Crippen LogP contribution in [0.25, 0.3) is 0 Å². The van der Waals surface area contributed by atoms with Gasteiger partial charge in [-0.2, -0.15) is 5.10 Å². The molecule has 0 aliphatic carbocycles. The zero-order chi connectivity index (χ0) is 14.6. The topological polar surface area (TPSA) is 104 Å². The van der Waals surface area contributed by atoms with Gasteiger partial charge in [0.1, 0.15) is 0 Å². The van der Waals surface area contributed by atoms with Gasteiger partial charge in [-0.05, 0) is 32.9 Å². The second-order valence-corrected chi connectivity index (χ2v) is 6.96. The van der Waals surface area contributed by atoms with Crippen molar-refractivity contribution in [3.63, 3.8) is 0 Å². The van der Waals surface area contributed by atoms with Gasteiger partial charge in [0.25, 0.3) is 10.0 Å². The summed E-state index contributed by atoms with van der Waals surface area (Å²) >= 11 is 0. The Morgan fingerprint density at radius 1 is 1.45 bits per heavy atom. The molecule has 2 heterocycles. The molecule has 2 rings (SSSR count). The molecule has 1 fully saturated rings. The van der Waals surface area contributed by atoms with Gasteiger partial charge in [0, 0.05) is 24.7 Å². The predicted molar refractivity (Wildman–Crippen MR) is 76.6 cm³/mol. The van der Waals surface area contributed by atoms with E-state index in [0.717, 1.165) is 19.6 Å². The standard InChI is InChI=1S/C12H23N5O2S/c1-10(9-17-5-3-2-4-6-17)16-20(18,19)12-11(7-13)8-14-15-12/h8,10,16H,2-7,9,13H2,1H3,(H,14,15). The molecule has 1 aliphatic heterocycles. The van der Waals surface area contributed by atoms with Crippen molar-refractivity contribution in [3.05, 3.63) is 11.8 Å². The molecule has 0 amide bonds. The second-order valence-electron chi connectivity index (χ2n) is 5.31. The Hall–Kier alpha value is -0.960. The SMILES string of the molecule is CC(CN1CCCCC1)NS(=O)(=O)c1[nH]ncc1CN. The Bertz CT molecular complexity index is 522. The van der Waals surface area contributed by atoms with Crippen molar-refractivity contribution in [3.8, 4) is 0 Å². The van der Waals surface area contributed by atoms with Gasteiger partial charge in [0.2, 0.25) is 0 Å². The number of nitrogens with one attached hydrogen (secondary N) is 2. The number of aromatic amines is 1. The van der Waals surface area contributed by atoms with Crippen molar-refractivity contribution >= 4 is 10.0 Å². The van der Waals surface area contributed by atoms with Crippen LogP contribution in [0.3, 0.4) is 0 Å². The van der Waals surface area contributed by atoms with E-state index < -0.39 is 10.0 Å². The maximum Gasteiger partial charge on any atom is 0.258 e. The Labute approximate surface area is 120 Å². The Morgan fingerprint density at radius 2 is 2.15 bits per heavy atom. The molecule has 0 bridgehead atoms. The highest BCUT2D eigenvalue weighted by Crippen LogP contribution is 2.13. The van der Waals surface area contributed by atoms with E-state index in [0.29, 0.717) is 5.56 Å². The van der Waals surface area contributed by atoms with Crippen LogP contribution in [0.15, 0.2) is 11.2 Å². The molecule has 4 N–H and O–H groups in total. The van der Waals surface area contributed by atoms with E-state index in [4.69, 9.17) is 5.73 Å². The third-order valence-corrected chi connectivity index (χ3v) is 5.11. The fraction of sp³-hybridized carbons (Fsp3) is 0.750. The summed E-state index contributed by atoms with van der Waals surface area (Å²) in [5.41, 5.74) is 6.01. The molecule has 20 heavy (non-hydrogen) atoms. The molecular weight excluding hydrogens is 278 g/mol. The third-order valence-electron chi connectivity index (χ3n) is 3.50. The molecule has 1 unspecified atom stereocenters. The highest BCUT2D eigenvalue weighted by molar-refractivity contribution is 7.89. The summed E-state index contributed by atoms with van der Waals surface area (Å²) in [4.78, 5) is 2.30. The first kappa shape index (κ1) is 15.4. The van der Waals surface area contributed by atoms with E-state index in [2.05, 4.69) is 19.8 Å². The van der Waals surface area contributed by atoms with E-state index in [9.17, 15) is 8.42 Å². The van der Waals surface area contributed by atoms with Crippen molar-refractivity contribution in [2.75, 3.05) is 19.6 Å². The van der Waals surface area contributed by atoms with Crippen LogP contribution in [-0.2, 0) is 16.6 Å². The Morgan fingerprint density at radius 3 is 2.80 bits per heavy atom. The van der Waals surface area contributed by atoms with Crippen LogP contribution in [0.2, 0.25) is 0 Å². The van der Waals surface area contributed by atoms with Gasteiger partial charge < -0.3 is 10.6 Å². The molecule has 1 aromatic rings. The molecule has 1 atom stereocenters. The van der Waals surface area contributed by atoms with Crippen molar-refractivity contribution in [1.82, 2.24) is 19.8 Å². The van der Waals surface area contributed by atoms with Crippen molar-refractivity contribution in [2.45, 2.75) is 43.8 Å². The molecule has 1 aromatic heterocycles. The first-order valence-electron chi connectivity index (χ1n) is 7.00. The minimum absolute atomic E-state index is 0.0745. The largest absolute Gasteiger partial charge is 0.326 e. The lowest BCUT2D eigenvalue weighted by molar-refractivity contribution is 0.215. The summed E-state index contributed by atoms with van der Waals surface area (Å²) in [5.74, 6) is 0. The summed E-state index contributed by atoms with van der Waals surface area (Å²) in [6.07, 6.45) is 5.10. The van der Waals surface area contributed by atoms with Crippen LogP contribution in [-0.4, -0.2) is 49.2 Å². The quantitative estimate of drug-likeness (QED) is 0.687. The Kier molecular flexibility index (Phi) is 5.14. The number of sulfonamides is 1. The van der Waals surface area contributed by atoms with Gasteiger partial charge >= 0.3 is 0 Å².